The molecule has 0 bridgehead atoms. The smallest absolute Gasteiger partial charge is 0.137 e. The Morgan fingerprint density at radius 2 is 1.95 bits per heavy atom. The Morgan fingerprint density at radius 1 is 1.05 bits per heavy atom. The molecule has 1 fully saturated rings. The summed E-state index contributed by atoms with van der Waals surface area (Å²) in [5.74, 6) is 0. The van der Waals surface area contributed by atoms with Crippen LogP contribution in [0.5, 0.6) is 0 Å². The monoisotopic (exact) mass is 252 g/mol. The predicted molar refractivity (Wildman–Crippen MR) is 77.5 cm³/mol. The summed E-state index contributed by atoms with van der Waals surface area (Å²) < 4.78 is 0. The van der Waals surface area contributed by atoms with Crippen LogP contribution < -0.4 is 4.90 Å². The maximum absolute atomic E-state index is 4.44. The van der Waals surface area contributed by atoms with Gasteiger partial charge in [-0.1, -0.05) is 0 Å². The lowest BCUT2D eigenvalue weighted by Crippen LogP contribution is -2.29. The van der Waals surface area contributed by atoms with Crippen molar-refractivity contribution in [2.75, 3.05) is 18.0 Å². The van der Waals surface area contributed by atoms with E-state index < -0.39 is 0 Å². The standard InChI is InChI=1S/C15H16N4/c1-2-6-19(7-3-1)13-10-16-8-11-9-18-15-12(14(11)13)4-5-17-15/h4-5,8-10H,1-3,6-7H2,(H,17,18). The number of rotatable bonds is 1. The Bertz CT molecular complexity index is 725. The summed E-state index contributed by atoms with van der Waals surface area (Å²) >= 11 is 0. The molecule has 19 heavy (non-hydrogen) atoms. The summed E-state index contributed by atoms with van der Waals surface area (Å²) in [6, 6.07) is 2.11. The average molecular weight is 252 g/mol. The molecule has 0 radical (unpaired) electrons. The van der Waals surface area contributed by atoms with Gasteiger partial charge in [-0.25, -0.2) is 4.98 Å². The van der Waals surface area contributed by atoms with Gasteiger partial charge in [0.05, 0.1) is 11.9 Å². The first-order chi connectivity index (χ1) is 9.43. The highest BCUT2D eigenvalue weighted by atomic mass is 15.1. The summed E-state index contributed by atoms with van der Waals surface area (Å²) in [5.41, 5.74) is 2.21. The molecule has 0 atom stereocenters. The Balaban J connectivity index is 2.00. The van der Waals surface area contributed by atoms with E-state index in [1.807, 2.05) is 24.8 Å². The van der Waals surface area contributed by atoms with E-state index in [4.69, 9.17) is 0 Å². The van der Waals surface area contributed by atoms with Gasteiger partial charge in [0.25, 0.3) is 0 Å². The molecule has 3 aromatic rings. The number of aromatic nitrogens is 3. The van der Waals surface area contributed by atoms with Gasteiger partial charge >= 0.3 is 0 Å². The number of anilines is 1. The third-order valence-electron chi connectivity index (χ3n) is 3.98. The third-order valence-corrected chi connectivity index (χ3v) is 3.98. The summed E-state index contributed by atoms with van der Waals surface area (Å²) in [6.45, 7) is 2.27. The second kappa shape index (κ2) is 4.23. The van der Waals surface area contributed by atoms with E-state index in [2.05, 4.69) is 25.9 Å². The van der Waals surface area contributed by atoms with Crippen molar-refractivity contribution in [3.05, 3.63) is 30.9 Å². The van der Waals surface area contributed by atoms with E-state index in [1.54, 1.807) is 0 Å². The molecule has 4 heteroatoms. The van der Waals surface area contributed by atoms with Gasteiger partial charge < -0.3 is 9.88 Å². The lowest BCUT2D eigenvalue weighted by Gasteiger charge is -2.29. The van der Waals surface area contributed by atoms with Gasteiger partial charge in [0.2, 0.25) is 0 Å². The number of hydrogen-bond donors (Lipinski definition) is 1. The van der Waals surface area contributed by atoms with Crippen molar-refractivity contribution in [1.29, 1.82) is 0 Å². The van der Waals surface area contributed by atoms with Crippen molar-refractivity contribution in [3.63, 3.8) is 0 Å². The van der Waals surface area contributed by atoms with Crippen LogP contribution in [0.3, 0.4) is 0 Å². The number of H-pyrrole nitrogens is 1. The fourth-order valence-corrected chi connectivity index (χ4v) is 3.03. The van der Waals surface area contributed by atoms with Gasteiger partial charge in [0, 0.05) is 47.8 Å². The van der Waals surface area contributed by atoms with Crippen molar-refractivity contribution < 1.29 is 0 Å². The first-order valence-corrected chi connectivity index (χ1v) is 6.88. The molecule has 4 nitrogen and oxygen atoms in total. The molecule has 3 aromatic heterocycles. The molecule has 4 heterocycles. The zero-order valence-electron chi connectivity index (χ0n) is 10.8. The van der Waals surface area contributed by atoms with Crippen LogP contribution in [-0.2, 0) is 0 Å². The minimum absolute atomic E-state index is 0.956. The maximum Gasteiger partial charge on any atom is 0.137 e. The normalized spacial score (nSPS) is 16.3. The second-order valence-electron chi connectivity index (χ2n) is 5.17. The topological polar surface area (TPSA) is 44.8 Å². The summed E-state index contributed by atoms with van der Waals surface area (Å²) in [5, 5.41) is 3.60. The van der Waals surface area contributed by atoms with E-state index in [-0.39, 0.29) is 0 Å². The highest BCUT2D eigenvalue weighted by Gasteiger charge is 2.16. The van der Waals surface area contributed by atoms with Crippen molar-refractivity contribution in [3.8, 4) is 0 Å². The zero-order chi connectivity index (χ0) is 12.7. The molecule has 4 rings (SSSR count). The number of fused-ring (bicyclic) bond motifs is 3. The van der Waals surface area contributed by atoms with E-state index >= 15 is 0 Å². The molecule has 0 unspecified atom stereocenters. The largest absolute Gasteiger partial charge is 0.370 e. The molecule has 1 saturated heterocycles. The molecule has 96 valence electrons. The van der Waals surface area contributed by atoms with E-state index in [1.165, 1.54) is 35.7 Å². The molecule has 0 saturated carbocycles. The number of pyridine rings is 2. The van der Waals surface area contributed by atoms with E-state index in [0.717, 1.165) is 24.1 Å². The van der Waals surface area contributed by atoms with Crippen molar-refractivity contribution in [2.24, 2.45) is 0 Å². The van der Waals surface area contributed by atoms with Gasteiger partial charge in [-0.3, -0.25) is 4.98 Å². The second-order valence-corrected chi connectivity index (χ2v) is 5.17. The Labute approximate surface area is 111 Å². The molecule has 1 aliphatic heterocycles. The molecular formula is C15H16N4. The minimum Gasteiger partial charge on any atom is -0.370 e. The van der Waals surface area contributed by atoms with Gasteiger partial charge in [-0.05, 0) is 25.3 Å². The summed E-state index contributed by atoms with van der Waals surface area (Å²) in [4.78, 5) is 14.5. The lowest BCUT2D eigenvalue weighted by molar-refractivity contribution is 0.578. The molecule has 0 aromatic carbocycles. The van der Waals surface area contributed by atoms with Crippen molar-refractivity contribution in [2.45, 2.75) is 19.3 Å². The van der Waals surface area contributed by atoms with Crippen LogP contribution in [0, 0.1) is 0 Å². The Hall–Kier alpha value is -2.10. The number of aromatic amines is 1. The predicted octanol–water partition coefficient (Wildman–Crippen LogP) is 3.10. The van der Waals surface area contributed by atoms with Gasteiger partial charge in [-0.15, -0.1) is 0 Å². The fourth-order valence-electron chi connectivity index (χ4n) is 3.03. The zero-order valence-corrected chi connectivity index (χ0v) is 10.8. The third kappa shape index (κ3) is 1.67. The summed E-state index contributed by atoms with van der Waals surface area (Å²) in [6.07, 6.45) is 11.7. The van der Waals surface area contributed by atoms with Crippen LogP contribution in [0.25, 0.3) is 21.8 Å². The molecule has 0 amide bonds. The average Bonchev–Trinajstić information content (AvgIpc) is 2.96. The molecule has 0 spiro atoms. The van der Waals surface area contributed by atoms with Gasteiger partial charge in [0.1, 0.15) is 5.65 Å². The quantitative estimate of drug-likeness (QED) is 0.723. The van der Waals surface area contributed by atoms with Gasteiger partial charge in [-0.2, -0.15) is 0 Å². The van der Waals surface area contributed by atoms with Crippen LogP contribution in [0.1, 0.15) is 19.3 Å². The van der Waals surface area contributed by atoms with Gasteiger partial charge in [0.15, 0.2) is 0 Å². The minimum atomic E-state index is 0.956. The molecule has 1 aliphatic rings. The number of nitrogens with zero attached hydrogens (tertiary/aromatic N) is 3. The number of nitrogens with one attached hydrogen (secondary N) is 1. The maximum atomic E-state index is 4.44. The number of piperidine rings is 1. The Morgan fingerprint density at radius 3 is 2.84 bits per heavy atom. The molecular weight excluding hydrogens is 236 g/mol. The van der Waals surface area contributed by atoms with Crippen molar-refractivity contribution in [1.82, 2.24) is 15.0 Å². The SMILES string of the molecule is c1cc2c(ncc3cncc(N4CCCCC4)c32)[nH]1. The van der Waals surface area contributed by atoms with Crippen LogP contribution in [0.15, 0.2) is 30.9 Å². The molecule has 0 aliphatic carbocycles. The molecule has 1 N–H and O–H groups in total. The van der Waals surface area contributed by atoms with Crippen LogP contribution in [-0.4, -0.2) is 28.0 Å². The first-order valence-electron chi connectivity index (χ1n) is 6.88. The highest BCUT2D eigenvalue weighted by Crippen LogP contribution is 2.32. The van der Waals surface area contributed by atoms with Crippen LogP contribution >= 0.6 is 0 Å². The highest BCUT2D eigenvalue weighted by molar-refractivity contribution is 6.10. The number of hydrogen-bond acceptors (Lipinski definition) is 3. The lowest BCUT2D eigenvalue weighted by atomic mass is 10.1. The van der Waals surface area contributed by atoms with Crippen LogP contribution in [0.2, 0.25) is 0 Å². The van der Waals surface area contributed by atoms with E-state index in [9.17, 15) is 0 Å². The van der Waals surface area contributed by atoms with Crippen LogP contribution in [0.4, 0.5) is 5.69 Å². The fraction of sp³-hybridized carbons (Fsp3) is 0.333. The van der Waals surface area contributed by atoms with E-state index in [0.29, 0.717) is 0 Å². The van der Waals surface area contributed by atoms with Crippen molar-refractivity contribution >= 4 is 27.5 Å². The first kappa shape index (κ1) is 10.8. The Kier molecular flexibility index (Phi) is 2.40. The summed E-state index contributed by atoms with van der Waals surface area (Å²) in [7, 11) is 0.